The highest BCUT2D eigenvalue weighted by Crippen LogP contribution is 2.27. The van der Waals surface area contributed by atoms with Crippen molar-refractivity contribution in [3.8, 4) is 0 Å². The van der Waals surface area contributed by atoms with Crippen LogP contribution in [0.25, 0.3) is 0 Å². The number of aryl methyl sites for hydroxylation is 1. The first kappa shape index (κ1) is 14.4. The van der Waals surface area contributed by atoms with Gasteiger partial charge in [-0.3, -0.25) is 0 Å². The van der Waals surface area contributed by atoms with Crippen molar-refractivity contribution in [1.82, 2.24) is 0 Å². The Hall–Kier alpha value is -1.03. The average Bonchev–Trinajstić information content (AvgIpc) is 2.40. The highest BCUT2D eigenvalue weighted by Gasteiger charge is 2.11. The molecule has 0 aliphatic rings. The van der Waals surface area contributed by atoms with E-state index in [0.717, 1.165) is 21.3 Å². The third kappa shape index (κ3) is 3.50. The van der Waals surface area contributed by atoms with Crippen LogP contribution in [0.15, 0.2) is 46.9 Å². The predicted octanol–water partition coefficient (Wildman–Crippen LogP) is 4.56. The van der Waals surface area contributed by atoms with Crippen molar-refractivity contribution in [3.63, 3.8) is 0 Å². The summed E-state index contributed by atoms with van der Waals surface area (Å²) in [6.07, 6.45) is -0.638. The summed E-state index contributed by atoms with van der Waals surface area (Å²) in [7, 11) is 0. The number of aliphatic hydroxyl groups excluding tert-OH is 1. The molecular formula is C15H15BrClNO. The molecule has 2 nitrogen and oxygen atoms in total. The molecule has 100 valence electrons. The monoisotopic (exact) mass is 339 g/mol. The van der Waals surface area contributed by atoms with Gasteiger partial charge >= 0.3 is 0 Å². The summed E-state index contributed by atoms with van der Waals surface area (Å²) in [5.74, 6) is 0. The number of aliphatic hydroxyl groups is 1. The van der Waals surface area contributed by atoms with Gasteiger partial charge in [0.25, 0.3) is 0 Å². The van der Waals surface area contributed by atoms with Crippen LogP contribution < -0.4 is 5.32 Å². The number of anilines is 1. The first-order valence-electron chi connectivity index (χ1n) is 6.01. The molecule has 0 saturated carbocycles. The molecule has 0 aromatic heterocycles. The maximum absolute atomic E-state index is 10.2. The Morgan fingerprint density at radius 2 is 1.95 bits per heavy atom. The van der Waals surface area contributed by atoms with Gasteiger partial charge in [-0.25, -0.2) is 0 Å². The summed E-state index contributed by atoms with van der Waals surface area (Å²) in [5, 5.41) is 14.0. The van der Waals surface area contributed by atoms with Gasteiger partial charge < -0.3 is 10.4 Å². The zero-order valence-electron chi connectivity index (χ0n) is 10.5. The third-order valence-corrected chi connectivity index (χ3v) is 4.34. The smallest absolute Gasteiger partial charge is 0.0976 e. The Balaban J connectivity index is 2.07. The van der Waals surface area contributed by atoms with Crippen molar-refractivity contribution in [3.05, 3.63) is 63.1 Å². The van der Waals surface area contributed by atoms with Gasteiger partial charge in [-0.2, -0.15) is 0 Å². The molecule has 4 heteroatoms. The van der Waals surface area contributed by atoms with E-state index in [1.807, 2.05) is 43.3 Å². The molecule has 0 radical (unpaired) electrons. The number of nitrogens with one attached hydrogen (secondary N) is 1. The molecule has 2 aromatic carbocycles. The molecule has 0 bridgehead atoms. The van der Waals surface area contributed by atoms with Crippen molar-refractivity contribution in [2.75, 3.05) is 11.9 Å². The molecule has 2 aromatic rings. The van der Waals surface area contributed by atoms with E-state index in [4.69, 9.17) is 11.6 Å². The van der Waals surface area contributed by atoms with E-state index < -0.39 is 6.10 Å². The second-order valence-electron chi connectivity index (χ2n) is 4.35. The Morgan fingerprint density at radius 3 is 2.68 bits per heavy atom. The van der Waals surface area contributed by atoms with Crippen LogP contribution in [0.5, 0.6) is 0 Å². The van der Waals surface area contributed by atoms with Crippen molar-refractivity contribution in [1.29, 1.82) is 0 Å². The molecule has 0 amide bonds. The molecule has 0 saturated heterocycles. The lowest BCUT2D eigenvalue weighted by atomic mass is 10.1. The summed E-state index contributed by atoms with van der Waals surface area (Å²) in [6.45, 7) is 2.44. The molecule has 19 heavy (non-hydrogen) atoms. The largest absolute Gasteiger partial charge is 0.387 e. The van der Waals surface area contributed by atoms with Crippen LogP contribution in [-0.4, -0.2) is 11.7 Å². The molecule has 1 unspecified atom stereocenters. The minimum Gasteiger partial charge on any atom is -0.387 e. The topological polar surface area (TPSA) is 32.3 Å². The molecule has 1 atom stereocenters. The zero-order chi connectivity index (χ0) is 13.8. The lowest BCUT2D eigenvalue weighted by Crippen LogP contribution is -2.13. The summed E-state index contributed by atoms with van der Waals surface area (Å²) < 4.78 is 1.02. The van der Waals surface area contributed by atoms with Gasteiger partial charge in [0.1, 0.15) is 0 Å². The van der Waals surface area contributed by atoms with Gasteiger partial charge in [-0.1, -0.05) is 41.9 Å². The molecule has 0 spiro atoms. The minimum absolute atomic E-state index is 0.409. The van der Waals surface area contributed by atoms with E-state index in [0.29, 0.717) is 11.6 Å². The quantitative estimate of drug-likeness (QED) is 0.855. The van der Waals surface area contributed by atoms with E-state index in [2.05, 4.69) is 21.2 Å². The van der Waals surface area contributed by atoms with Crippen LogP contribution in [0.2, 0.25) is 5.02 Å². The molecule has 0 fully saturated rings. The third-order valence-electron chi connectivity index (χ3n) is 2.94. The maximum atomic E-state index is 10.2. The molecule has 0 heterocycles. The van der Waals surface area contributed by atoms with Gasteiger partial charge in [0, 0.05) is 27.3 Å². The van der Waals surface area contributed by atoms with E-state index in [1.54, 1.807) is 6.07 Å². The van der Waals surface area contributed by atoms with Crippen LogP contribution in [0.1, 0.15) is 17.2 Å². The minimum atomic E-state index is -0.638. The predicted molar refractivity (Wildman–Crippen MR) is 83.8 cm³/mol. The average molecular weight is 341 g/mol. The number of benzene rings is 2. The van der Waals surface area contributed by atoms with E-state index in [9.17, 15) is 5.11 Å². The Morgan fingerprint density at radius 1 is 1.21 bits per heavy atom. The summed E-state index contributed by atoms with van der Waals surface area (Å²) >= 11 is 9.59. The fourth-order valence-electron chi connectivity index (χ4n) is 1.85. The van der Waals surface area contributed by atoms with Crippen molar-refractivity contribution < 1.29 is 5.11 Å². The van der Waals surface area contributed by atoms with E-state index in [-0.39, 0.29) is 0 Å². The summed E-state index contributed by atoms with van der Waals surface area (Å²) in [5.41, 5.74) is 2.85. The first-order valence-corrected chi connectivity index (χ1v) is 7.18. The van der Waals surface area contributed by atoms with Crippen molar-refractivity contribution in [2.24, 2.45) is 0 Å². The van der Waals surface area contributed by atoms with Crippen LogP contribution in [0, 0.1) is 6.92 Å². The van der Waals surface area contributed by atoms with Crippen LogP contribution in [0.4, 0.5) is 5.69 Å². The highest BCUT2D eigenvalue weighted by atomic mass is 79.9. The lowest BCUT2D eigenvalue weighted by molar-refractivity contribution is 0.191. The van der Waals surface area contributed by atoms with E-state index >= 15 is 0 Å². The maximum Gasteiger partial charge on any atom is 0.0976 e. The van der Waals surface area contributed by atoms with Crippen LogP contribution >= 0.6 is 27.5 Å². The van der Waals surface area contributed by atoms with Gasteiger partial charge in [-0.15, -0.1) is 0 Å². The SMILES string of the molecule is Cc1cccc(NCC(O)c2ccccc2Cl)c1Br. The van der Waals surface area contributed by atoms with Crippen LogP contribution in [-0.2, 0) is 0 Å². The lowest BCUT2D eigenvalue weighted by Gasteiger charge is -2.16. The number of hydrogen-bond acceptors (Lipinski definition) is 2. The van der Waals surface area contributed by atoms with Crippen molar-refractivity contribution in [2.45, 2.75) is 13.0 Å². The highest BCUT2D eigenvalue weighted by molar-refractivity contribution is 9.10. The Kier molecular flexibility index (Phi) is 4.86. The first-order chi connectivity index (χ1) is 9.09. The molecule has 2 N–H and O–H groups in total. The number of rotatable bonds is 4. The van der Waals surface area contributed by atoms with Gasteiger partial charge in [-0.05, 0) is 40.5 Å². The van der Waals surface area contributed by atoms with Crippen molar-refractivity contribution >= 4 is 33.2 Å². The zero-order valence-corrected chi connectivity index (χ0v) is 12.9. The van der Waals surface area contributed by atoms with Gasteiger partial charge in [0.15, 0.2) is 0 Å². The Bertz CT molecular complexity index is 574. The molecular weight excluding hydrogens is 326 g/mol. The molecule has 2 rings (SSSR count). The second kappa shape index (κ2) is 6.42. The second-order valence-corrected chi connectivity index (χ2v) is 5.55. The van der Waals surface area contributed by atoms with Crippen LogP contribution in [0.3, 0.4) is 0 Å². The summed E-state index contributed by atoms with van der Waals surface area (Å²) in [4.78, 5) is 0. The number of halogens is 2. The fraction of sp³-hybridized carbons (Fsp3) is 0.200. The van der Waals surface area contributed by atoms with Gasteiger partial charge in [0.2, 0.25) is 0 Å². The molecule has 0 aliphatic heterocycles. The number of hydrogen-bond donors (Lipinski definition) is 2. The fourth-order valence-corrected chi connectivity index (χ4v) is 2.51. The normalized spacial score (nSPS) is 12.2. The van der Waals surface area contributed by atoms with Gasteiger partial charge in [0.05, 0.1) is 6.10 Å². The molecule has 0 aliphatic carbocycles. The van der Waals surface area contributed by atoms with E-state index in [1.165, 1.54) is 0 Å². The summed E-state index contributed by atoms with van der Waals surface area (Å²) in [6, 6.07) is 13.3. The standard InChI is InChI=1S/C15H15BrClNO/c1-10-5-4-8-13(15(10)16)18-9-14(19)11-6-2-3-7-12(11)17/h2-8,14,18-19H,9H2,1H3. The Labute approximate surface area is 126 Å².